The van der Waals surface area contributed by atoms with Crippen LogP contribution in [0.3, 0.4) is 0 Å². The number of hydrogen-bond donors (Lipinski definition) is 2. The summed E-state index contributed by atoms with van der Waals surface area (Å²) in [7, 11) is 0. The smallest absolute Gasteiger partial charge is 0.119 e. The van der Waals surface area contributed by atoms with Gasteiger partial charge in [-0.05, 0) is 42.9 Å². The van der Waals surface area contributed by atoms with Gasteiger partial charge in [0.15, 0.2) is 0 Å². The van der Waals surface area contributed by atoms with Crippen molar-refractivity contribution in [2.45, 2.75) is 64.3 Å². The summed E-state index contributed by atoms with van der Waals surface area (Å²) in [6.07, 6.45) is 3.19. The molecule has 3 aliphatic rings. The number of fused-ring (bicyclic) bond motifs is 2. The fourth-order valence-corrected chi connectivity index (χ4v) is 4.83. The van der Waals surface area contributed by atoms with Crippen molar-refractivity contribution in [3.8, 4) is 0 Å². The van der Waals surface area contributed by atoms with Crippen LogP contribution in [0, 0.1) is 16.7 Å². The van der Waals surface area contributed by atoms with Crippen molar-refractivity contribution in [2.75, 3.05) is 6.61 Å². The van der Waals surface area contributed by atoms with Crippen LogP contribution in [0.4, 0.5) is 0 Å². The molecule has 98 valence electrons. The molecule has 3 rings (SSSR count). The van der Waals surface area contributed by atoms with Crippen LogP contribution < -0.4 is 0 Å². The molecule has 3 fully saturated rings. The van der Waals surface area contributed by atoms with Crippen molar-refractivity contribution >= 4 is 0 Å². The highest BCUT2D eigenvalue weighted by Crippen LogP contribution is 2.72. The molecule has 2 bridgehead atoms. The summed E-state index contributed by atoms with van der Waals surface area (Å²) in [6, 6.07) is 0. The van der Waals surface area contributed by atoms with Crippen LogP contribution in [-0.4, -0.2) is 34.1 Å². The zero-order chi connectivity index (χ0) is 12.7. The van der Waals surface area contributed by atoms with Gasteiger partial charge in [0, 0.05) is 0 Å². The summed E-state index contributed by atoms with van der Waals surface area (Å²) < 4.78 is 5.69. The van der Waals surface area contributed by atoms with Gasteiger partial charge in [-0.15, -0.1) is 0 Å². The molecule has 1 saturated heterocycles. The van der Waals surface area contributed by atoms with E-state index in [9.17, 15) is 10.2 Å². The van der Waals surface area contributed by atoms with Gasteiger partial charge in [0.1, 0.15) is 17.3 Å². The second-order valence-corrected chi connectivity index (χ2v) is 7.46. The summed E-state index contributed by atoms with van der Waals surface area (Å²) >= 11 is 0. The summed E-state index contributed by atoms with van der Waals surface area (Å²) in [6.45, 7) is 8.43. The first-order valence-electron chi connectivity index (χ1n) is 6.72. The first kappa shape index (κ1) is 11.9. The first-order chi connectivity index (χ1) is 7.71. The van der Waals surface area contributed by atoms with E-state index < -0.39 is 11.2 Å². The highest BCUT2D eigenvalue weighted by atomic mass is 16.6. The van der Waals surface area contributed by atoms with Crippen LogP contribution in [0.1, 0.15) is 47.0 Å². The number of rotatable bonds is 2. The predicted molar refractivity (Wildman–Crippen MR) is 64.5 cm³/mol. The highest BCUT2D eigenvalue weighted by molar-refractivity contribution is 5.27. The molecule has 2 saturated carbocycles. The van der Waals surface area contributed by atoms with Gasteiger partial charge in [0.25, 0.3) is 0 Å². The predicted octanol–water partition coefficient (Wildman–Crippen LogP) is 1.71. The minimum absolute atomic E-state index is 0.00317. The van der Waals surface area contributed by atoms with Gasteiger partial charge in [0.2, 0.25) is 0 Å². The van der Waals surface area contributed by atoms with E-state index in [0.29, 0.717) is 5.92 Å². The summed E-state index contributed by atoms with van der Waals surface area (Å²) in [5.41, 5.74) is -1.48. The van der Waals surface area contributed by atoms with Crippen LogP contribution in [0.15, 0.2) is 0 Å². The molecule has 0 aromatic rings. The number of epoxide rings is 1. The SMILES string of the molecule is CC1(C)[C@H]2CC[C@](C)(C2)[C@]1(O)[C@H]1O[C@@]1(C)CO. The Hall–Kier alpha value is -0.120. The van der Waals surface area contributed by atoms with Crippen LogP contribution in [0.25, 0.3) is 0 Å². The average Bonchev–Trinajstić information content (AvgIpc) is 2.72. The molecule has 0 aromatic heterocycles. The molecule has 17 heavy (non-hydrogen) atoms. The molecule has 2 aliphatic carbocycles. The monoisotopic (exact) mass is 240 g/mol. The van der Waals surface area contributed by atoms with Gasteiger partial charge < -0.3 is 14.9 Å². The van der Waals surface area contributed by atoms with Crippen LogP contribution in [0.2, 0.25) is 0 Å². The van der Waals surface area contributed by atoms with E-state index in [2.05, 4.69) is 20.8 Å². The minimum Gasteiger partial charge on any atom is -0.393 e. The average molecular weight is 240 g/mol. The summed E-state index contributed by atoms with van der Waals surface area (Å²) in [5, 5.41) is 20.7. The van der Waals surface area contributed by atoms with Crippen LogP contribution in [-0.2, 0) is 4.74 Å². The van der Waals surface area contributed by atoms with Crippen molar-refractivity contribution in [3.63, 3.8) is 0 Å². The van der Waals surface area contributed by atoms with Gasteiger partial charge in [-0.2, -0.15) is 0 Å². The van der Waals surface area contributed by atoms with E-state index in [1.807, 2.05) is 6.92 Å². The Morgan fingerprint density at radius 1 is 1.24 bits per heavy atom. The summed E-state index contributed by atoms with van der Waals surface area (Å²) in [4.78, 5) is 0. The molecule has 3 heteroatoms. The molecule has 1 aliphatic heterocycles. The Morgan fingerprint density at radius 2 is 1.88 bits per heavy atom. The number of ether oxygens (including phenoxy) is 1. The fourth-order valence-electron chi connectivity index (χ4n) is 4.83. The largest absolute Gasteiger partial charge is 0.393 e. The number of hydrogen-bond acceptors (Lipinski definition) is 3. The fraction of sp³-hybridized carbons (Fsp3) is 1.00. The zero-order valence-corrected chi connectivity index (χ0v) is 11.3. The maximum absolute atomic E-state index is 11.3. The van der Waals surface area contributed by atoms with E-state index >= 15 is 0 Å². The van der Waals surface area contributed by atoms with Crippen molar-refractivity contribution in [1.29, 1.82) is 0 Å². The third kappa shape index (κ3) is 1.09. The lowest BCUT2D eigenvalue weighted by atomic mass is 9.57. The second-order valence-electron chi connectivity index (χ2n) is 7.46. The molecular formula is C14H24O3. The van der Waals surface area contributed by atoms with Crippen molar-refractivity contribution in [2.24, 2.45) is 16.7 Å². The van der Waals surface area contributed by atoms with E-state index in [0.717, 1.165) is 12.8 Å². The molecule has 0 aromatic carbocycles. The van der Waals surface area contributed by atoms with E-state index in [1.54, 1.807) is 0 Å². The third-order valence-corrected chi connectivity index (χ3v) is 6.24. The molecule has 0 radical (unpaired) electrons. The van der Waals surface area contributed by atoms with Gasteiger partial charge >= 0.3 is 0 Å². The maximum atomic E-state index is 11.3. The third-order valence-electron chi connectivity index (χ3n) is 6.24. The van der Waals surface area contributed by atoms with Gasteiger partial charge in [-0.25, -0.2) is 0 Å². The van der Waals surface area contributed by atoms with Crippen molar-refractivity contribution < 1.29 is 14.9 Å². The first-order valence-corrected chi connectivity index (χ1v) is 6.72. The van der Waals surface area contributed by atoms with E-state index in [1.165, 1.54) is 6.42 Å². The second kappa shape index (κ2) is 2.89. The molecule has 0 spiro atoms. The summed E-state index contributed by atoms with van der Waals surface area (Å²) in [5.74, 6) is 0.588. The molecule has 5 atom stereocenters. The van der Waals surface area contributed by atoms with Crippen LogP contribution >= 0.6 is 0 Å². The molecule has 3 nitrogen and oxygen atoms in total. The lowest BCUT2D eigenvalue weighted by Gasteiger charge is -2.50. The lowest BCUT2D eigenvalue weighted by Crippen LogP contribution is -2.59. The number of aliphatic hydroxyl groups is 2. The Bertz CT molecular complexity index is 360. The molecule has 1 heterocycles. The topological polar surface area (TPSA) is 53.0 Å². The highest BCUT2D eigenvalue weighted by Gasteiger charge is 2.78. The Kier molecular flexibility index (Phi) is 2.03. The van der Waals surface area contributed by atoms with Gasteiger partial charge in [0.05, 0.1) is 6.61 Å². The normalized spacial score (nSPS) is 59.6. The van der Waals surface area contributed by atoms with Crippen molar-refractivity contribution in [1.82, 2.24) is 0 Å². The molecule has 2 N–H and O–H groups in total. The molecule has 0 amide bonds. The van der Waals surface area contributed by atoms with Gasteiger partial charge in [-0.1, -0.05) is 20.8 Å². The molecule has 0 unspecified atom stereocenters. The minimum atomic E-state index is -0.791. The van der Waals surface area contributed by atoms with Crippen molar-refractivity contribution in [3.05, 3.63) is 0 Å². The number of aliphatic hydroxyl groups excluding tert-OH is 1. The van der Waals surface area contributed by atoms with Crippen LogP contribution in [0.5, 0.6) is 0 Å². The quantitative estimate of drug-likeness (QED) is 0.723. The van der Waals surface area contributed by atoms with E-state index in [-0.39, 0.29) is 23.5 Å². The van der Waals surface area contributed by atoms with E-state index in [4.69, 9.17) is 4.74 Å². The molecular weight excluding hydrogens is 216 g/mol. The maximum Gasteiger partial charge on any atom is 0.119 e. The Labute approximate surface area is 103 Å². The zero-order valence-electron chi connectivity index (χ0n) is 11.3. The lowest BCUT2D eigenvalue weighted by molar-refractivity contribution is -0.157. The standard InChI is InChI=1S/C14H24O3/c1-11(2)9-5-6-12(3,7-9)14(11,16)10-13(4,8-15)17-10/h9-10,15-16H,5-8H2,1-4H3/t9-,10-,12+,13-,14-/m0/s1. The Morgan fingerprint density at radius 3 is 2.29 bits per heavy atom. The van der Waals surface area contributed by atoms with Gasteiger partial charge in [-0.3, -0.25) is 0 Å². The Balaban J connectivity index is 2.02.